The highest BCUT2D eigenvalue weighted by Crippen LogP contribution is 2.27. The number of nitrogens with one attached hydrogen (secondary N) is 1. The number of hydrogen-bond donors (Lipinski definition) is 2. The molecule has 94 valence electrons. The van der Waals surface area contributed by atoms with Gasteiger partial charge in [0.2, 0.25) is 0 Å². The minimum absolute atomic E-state index is 0.640. The summed E-state index contributed by atoms with van der Waals surface area (Å²) in [6.07, 6.45) is 2.06. The van der Waals surface area contributed by atoms with Crippen LogP contribution in [-0.4, -0.2) is 13.4 Å². The van der Waals surface area contributed by atoms with Crippen molar-refractivity contribution in [1.82, 2.24) is 0 Å². The van der Waals surface area contributed by atoms with Gasteiger partial charge in [0, 0.05) is 22.3 Å². The molecule has 0 saturated carbocycles. The van der Waals surface area contributed by atoms with E-state index in [9.17, 15) is 0 Å². The summed E-state index contributed by atoms with van der Waals surface area (Å²) in [6, 6.07) is 13.9. The van der Waals surface area contributed by atoms with Gasteiger partial charge in [0.1, 0.15) is 5.75 Å². The molecule has 0 heterocycles. The Labute approximate surface area is 111 Å². The van der Waals surface area contributed by atoms with Gasteiger partial charge in [-0.3, -0.25) is 0 Å². The number of ether oxygens (including phenoxy) is 1. The van der Waals surface area contributed by atoms with Crippen LogP contribution in [0.2, 0.25) is 0 Å². The molecule has 0 aliphatic carbocycles. The average Bonchev–Trinajstić information content (AvgIpc) is 2.42. The zero-order chi connectivity index (χ0) is 13.0. The van der Waals surface area contributed by atoms with E-state index in [1.807, 2.05) is 18.2 Å². The first-order valence-electron chi connectivity index (χ1n) is 5.57. The van der Waals surface area contributed by atoms with Crippen LogP contribution < -0.4 is 15.8 Å². The van der Waals surface area contributed by atoms with E-state index in [0.717, 1.165) is 11.4 Å². The highest BCUT2D eigenvalue weighted by Gasteiger charge is 2.01. The number of benzene rings is 2. The third-order valence-electron chi connectivity index (χ3n) is 2.61. The molecule has 0 unspecified atom stereocenters. The summed E-state index contributed by atoms with van der Waals surface area (Å²) in [4.78, 5) is 1.25. The Balaban J connectivity index is 2.17. The van der Waals surface area contributed by atoms with Gasteiger partial charge in [-0.15, -0.1) is 11.8 Å². The Hall–Kier alpha value is -1.81. The van der Waals surface area contributed by atoms with Crippen LogP contribution in [0.5, 0.6) is 5.75 Å². The maximum Gasteiger partial charge on any atom is 0.143 e. The standard InChI is InChI=1S/C14H16N2OS/c1-17-14-9-11(5-8-13(14)15)16-10-3-6-12(18-2)7-4-10/h3-9,16H,15H2,1-2H3. The molecular weight excluding hydrogens is 244 g/mol. The van der Waals surface area contributed by atoms with E-state index >= 15 is 0 Å². The highest BCUT2D eigenvalue weighted by atomic mass is 32.2. The summed E-state index contributed by atoms with van der Waals surface area (Å²) < 4.78 is 5.19. The van der Waals surface area contributed by atoms with Crippen molar-refractivity contribution in [1.29, 1.82) is 0 Å². The average molecular weight is 260 g/mol. The van der Waals surface area contributed by atoms with E-state index in [4.69, 9.17) is 10.5 Å². The van der Waals surface area contributed by atoms with Crippen LogP contribution in [-0.2, 0) is 0 Å². The lowest BCUT2D eigenvalue weighted by Crippen LogP contribution is -1.95. The molecule has 0 amide bonds. The molecule has 0 radical (unpaired) electrons. The number of methoxy groups -OCH3 is 1. The molecule has 0 fully saturated rings. The molecule has 0 aliphatic rings. The second kappa shape index (κ2) is 5.69. The van der Waals surface area contributed by atoms with E-state index in [2.05, 4.69) is 35.8 Å². The van der Waals surface area contributed by atoms with Crippen molar-refractivity contribution in [2.75, 3.05) is 24.4 Å². The zero-order valence-corrected chi connectivity index (χ0v) is 11.3. The Morgan fingerprint density at radius 3 is 2.33 bits per heavy atom. The third-order valence-corrected chi connectivity index (χ3v) is 3.36. The molecule has 0 spiro atoms. The quantitative estimate of drug-likeness (QED) is 0.649. The van der Waals surface area contributed by atoms with Gasteiger partial charge < -0.3 is 15.8 Å². The summed E-state index contributed by atoms with van der Waals surface area (Å²) >= 11 is 1.73. The van der Waals surface area contributed by atoms with Crippen LogP contribution in [0.1, 0.15) is 0 Å². The third kappa shape index (κ3) is 2.90. The van der Waals surface area contributed by atoms with E-state index in [0.29, 0.717) is 11.4 Å². The first kappa shape index (κ1) is 12.6. The Kier molecular flexibility index (Phi) is 3.99. The van der Waals surface area contributed by atoms with Crippen molar-refractivity contribution in [3.05, 3.63) is 42.5 Å². The molecule has 2 aromatic rings. The van der Waals surface area contributed by atoms with E-state index < -0.39 is 0 Å². The van der Waals surface area contributed by atoms with Gasteiger partial charge in [-0.2, -0.15) is 0 Å². The first-order valence-corrected chi connectivity index (χ1v) is 6.80. The zero-order valence-electron chi connectivity index (χ0n) is 10.4. The van der Waals surface area contributed by atoms with Gasteiger partial charge in [-0.25, -0.2) is 0 Å². The van der Waals surface area contributed by atoms with Crippen molar-refractivity contribution in [3.63, 3.8) is 0 Å². The van der Waals surface area contributed by atoms with Crippen LogP contribution in [0.4, 0.5) is 17.1 Å². The van der Waals surface area contributed by atoms with Crippen LogP contribution >= 0.6 is 11.8 Å². The lowest BCUT2D eigenvalue weighted by Gasteiger charge is -2.10. The van der Waals surface area contributed by atoms with Crippen LogP contribution in [0.3, 0.4) is 0 Å². The fourth-order valence-electron chi connectivity index (χ4n) is 1.63. The molecule has 3 N–H and O–H groups in total. The summed E-state index contributed by atoms with van der Waals surface area (Å²) in [5.74, 6) is 0.681. The molecule has 0 bridgehead atoms. The Bertz CT molecular complexity index is 526. The summed E-state index contributed by atoms with van der Waals surface area (Å²) in [5.41, 5.74) is 8.41. The van der Waals surface area contributed by atoms with Gasteiger partial charge in [-0.1, -0.05) is 0 Å². The number of thioether (sulfide) groups is 1. The maximum absolute atomic E-state index is 5.78. The van der Waals surface area contributed by atoms with Crippen molar-refractivity contribution in [3.8, 4) is 5.75 Å². The molecule has 0 aromatic heterocycles. The maximum atomic E-state index is 5.78. The van der Waals surface area contributed by atoms with Gasteiger partial charge in [-0.05, 0) is 42.7 Å². The Morgan fingerprint density at radius 2 is 1.72 bits per heavy atom. The van der Waals surface area contributed by atoms with E-state index in [1.165, 1.54) is 4.90 Å². The smallest absolute Gasteiger partial charge is 0.143 e. The second-order valence-corrected chi connectivity index (χ2v) is 4.69. The summed E-state index contributed by atoms with van der Waals surface area (Å²) in [6.45, 7) is 0. The molecule has 2 rings (SSSR count). The highest BCUT2D eigenvalue weighted by molar-refractivity contribution is 7.98. The van der Waals surface area contributed by atoms with Crippen molar-refractivity contribution in [2.45, 2.75) is 4.90 Å². The molecule has 4 heteroatoms. The normalized spacial score (nSPS) is 10.1. The number of nitrogen functional groups attached to an aromatic ring is 1. The van der Waals surface area contributed by atoms with Crippen LogP contribution in [0.15, 0.2) is 47.4 Å². The monoisotopic (exact) mass is 260 g/mol. The number of anilines is 3. The minimum Gasteiger partial charge on any atom is -0.495 e. The first-order chi connectivity index (χ1) is 8.72. The lowest BCUT2D eigenvalue weighted by molar-refractivity contribution is 0.417. The predicted molar refractivity (Wildman–Crippen MR) is 78.9 cm³/mol. The van der Waals surface area contributed by atoms with Gasteiger partial charge in [0.15, 0.2) is 0 Å². The molecule has 18 heavy (non-hydrogen) atoms. The molecule has 0 saturated heterocycles. The van der Waals surface area contributed by atoms with E-state index in [-0.39, 0.29) is 0 Å². The topological polar surface area (TPSA) is 47.3 Å². The fourth-order valence-corrected chi connectivity index (χ4v) is 2.04. The Morgan fingerprint density at radius 1 is 1.06 bits per heavy atom. The summed E-state index contributed by atoms with van der Waals surface area (Å²) in [5, 5.41) is 3.31. The lowest BCUT2D eigenvalue weighted by atomic mass is 10.2. The van der Waals surface area contributed by atoms with Crippen LogP contribution in [0.25, 0.3) is 0 Å². The van der Waals surface area contributed by atoms with Gasteiger partial charge >= 0.3 is 0 Å². The largest absolute Gasteiger partial charge is 0.495 e. The molecule has 3 nitrogen and oxygen atoms in total. The predicted octanol–water partition coefficient (Wildman–Crippen LogP) is 3.74. The molecule has 0 aliphatic heterocycles. The van der Waals surface area contributed by atoms with Crippen molar-refractivity contribution in [2.24, 2.45) is 0 Å². The SMILES string of the molecule is COc1cc(Nc2ccc(SC)cc2)ccc1N. The molecular formula is C14H16N2OS. The van der Waals surface area contributed by atoms with Gasteiger partial charge in [0.05, 0.1) is 12.8 Å². The number of nitrogens with two attached hydrogens (primary N) is 1. The fraction of sp³-hybridized carbons (Fsp3) is 0.143. The van der Waals surface area contributed by atoms with Crippen LogP contribution in [0, 0.1) is 0 Å². The molecule has 2 aromatic carbocycles. The number of hydrogen-bond acceptors (Lipinski definition) is 4. The molecule has 0 atom stereocenters. The van der Waals surface area contributed by atoms with Crippen molar-refractivity contribution >= 4 is 28.8 Å². The number of rotatable bonds is 4. The van der Waals surface area contributed by atoms with Gasteiger partial charge in [0.25, 0.3) is 0 Å². The van der Waals surface area contributed by atoms with Crippen molar-refractivity contribution < 1.29 is 4.74 Å². The summed E-state index contributed by atoms with van der Waals surface area (Å²) in [7, 11) is 1.61. The minimum atomic E-state index is 0.640. The second-order valence-electron chi connectivity index (χ2n) is 3.81. The van der Waals surface area contributed by atoms with E-state index in [1.54, 1.807) is 18.9 Å².